The van der Waals surface area contributed by atoms with Crippen LogP contribution in [0.15, 0.2) is 12.1 Å². The molecule has 0 radical (unpaired) electrons. The SMILES string of the molecule is Cc1cc(C(NC=O)C(=O)O)cc(C)c1O. The zero-order valence-electron chi connectivity index (χ0n) is 9.02. The highest BCUT2D eigenvalue weighted by Gasteiger charge is 2.20. The fourth-order valence-electron chi connectivity index (χ4n) is 1.53. The van der Waals surface area contributed by atoms with E-state index in [1.54, 1.807) is 13.8 Å². The number of phenolic OH excluding ortho intramolecular Hbond substituents is 1. The molecule has 1 amide bonds. The minimum Gasteiger partial charge on any atom is -0.507 e. The van der Waals surface area contributed by atoms with Gasteiger partial charge >= 0.3 is 5.97 Å². The van der Waals surface area contributed by atoms with Gasteiger partial charge in [0, 0.05) is 0 Å². The Morgan fingerprint density at radius 2 is 1.88 bits per heavy atom. The van der Waals surface area contributed by atoms with Crippen molar-refractivity contribution in [1.82, 2.24) is 5.32 Å². The highest BCUT2D eigenvalue weighted by atomic mass is 16.4. The van der Waals surface area contributed by atoms with Gasteiger partial charge in [-0.15, -0.1) is 0 Å². The Morgan fingerprint density at radius 3 is 2.25 bits per heavy atom. The van der Waals surface area contributed by atoms with Gasteiger partial charge in [0.1, 0.15) is 5.75 Å². The molecule has 0 aliphatic carbocycles. The molecule has 0 spiro atoms. The standard InChI is InChI=1S/C11H13NO4/c1-6-3-8(4-7(2)10(6)14)9(11(15)16)12-5-13/h3-5,9,14H,1-2H3,(H,12,13)(H,15,16). The van der Waals surface area contributed by atoms with Crippen molar-refractivity contribution in [3.05, 3.63) is 28.8 Å². The first kappa shape index (κ1) is 12.0. The lowest BCUT2D eigenvalue weighted by Crippen LogP contribution is -2.27. The number of carbonyl (C=O) groups is 2. The normalized spacial score (nSPS) is 11.9. The molecule has 5 nitrogen and oxygen atoms in total. The van der Waals surface area contributed by atoms with Gasteiger partial charge in [0.25, 0.3) is 0 Å². The fraction of sp³-hybridized carbons (Fsp3) is 0.273. The van der Waals surface area contributed by atoms with Crippen LogP contribution in [0.2, 0.25) is 0 Å². The third-order valence-electron chi connectivity index (χ3n) is 2.33. The van der Waals surface area contributed by atoms with E-state index >= 15 is 0 Å². The van der Waals surface area contributed by atoms with Gasteiger partial charge in [-0.05, 0) is 42.7 Å². The van der Waals surface area contributed by atoms with E-state index in [2.05, 4.69) is 5.32 Å². The third-order valence-corrected chi connectivity index (χ3v) is 2.33. The molecule has 16 heavy (non-hydrogen) atoms. The van der Waals surface area contributed by atoms with Crippen molar-refractivity contribution < 1.29 is 19.8 Å². The number of carbonyl (C=O) groups excluding carboxylic acids is 1. The number of rotatable bonds is 4. The van der Waals surface area contributed by atoms with Crippen molar-refractivity contribution >= 4 is 12.4 Å². The summed E-state index contributed by atoms with van der Waals surface area (Å²) < 4.78 is 0. The first-order chi connectivity index (χ1) is 7.47. The summed E-state index contributed by atoms with van der Waals surface area (Å²) in [4.78, 5) is 21.2. The summed E-state index contributed by atoms with van der Waals surface area (Å²) in [6.45, 7) is 3.34. The van der Waals surface area contributed by atoms with Crippen LogP contribution in [-0.4, -0.2) is 22.6 Å². The molecule has 0 aliphatic rings. The number of aryl methyl sites for hydroxylation is 2. The van der Waals surface area contributed by atoms with Gasteiger partial charge in [-0.3, -0.25) is 4.79 Å². The highest BCUT2D eigenvalue weighted by Crippen LogP contribution is 2.26. The van der Waals surface area contributed by atoms with Crippen LogP contribution in [0.1, 0.15) is 22.7 Å². The van der Waals surface area contributed by atoms with Crippen LogP contribution < -0.4 is 5.32 Å². The van der Waals surface area contributed by atoms with Crippen LogP contribution in [0.25, 0.3) is 0 Å². The predicted molar refractivity (Wildman–Crippen MR) is 57.2 cm³/mol. The van der Waals surface area contributed by atoms with Crippen LogP contribution in [0.4, 0.5) is 0 Å². The molecular weight excluding hydrogens is 210 g/mol. The zero-order chi connectivity index (χ0) is 12.3. The zero-order valence-corrected chi connectivity index (χ0v) is 9.02. The lowest BCUT2D eigenvalue weighted by atomic mass is 10.0. The Balaban J connectivity index is 3.20. The first-order valence-electron chi connectivity index (χ1n) is 4.70. The van der Waals surface area contributed by atoms with Gasteiger partial charge in [-0.2, -0.15) is 0 Å². The molecular formula is C11H13NO4. The minimum absolute atomic E-state index is 0.138. The van der Waals surface area contributed by atoms with Gasteiger partial charge in [0.2, 0.25) is 6.41 Å². The average Bonchev–Trinajstić information content (AvgIpc) is 2.21. The molecule has 0 fully saturated rings. The number of amides is 1. The van der Waals surface area contributed by atoms with E-state index in [0.717, 1.165) is 0 Å². The van der Waals surface area contributed by atoms with Crippen molar-refractivity contribution in [2.24, 2.45) is 0 Å². The van der Waals surface area contributed by atoms with Crippen molar-refractivity contribution in [1.29, 1.82) is 0 Å². The smallest absolute Gasteiger partial charge is 0.330 e. The fourth-order valence-corrected chi connectivity index (χ4v) is 1.53. The Kier molecular flexibility index (Phi) is 3.50. The largest absolute Gasteiger partial charge is 0.507 e. The van der Waals surface area contributed by atoms with Crippen LogP contribution in [0.5, 0.6) is 5.75 Å². The highest BCUT2D eigenvalue weighted by molar-refractivity contribution is 5.78. The van der Waals surface area contributed by atoms with Gasteiger partial charge in [0.15, 0.2) is 6.04 Å². The molecule has 0 aliphatic heterocycles. The molecule has 3 N–H and O–H groups in total. The maximum absolute atomic E-state index is 10.9. The molecule has 0 heterocycles. The number of benzene rings is 1. The van der Waals surface area contributed by atoms with E-state index in [1.165, 1.54) is 12.1 Å². The van der Waals surface area contributed by atoms with Crippen molar-refractivity contribution in [2.75, 3.05) is 0 Å². The molecule has 0 saturated carbocycles. The summed E-state index contributed by atoms with van der Waals surface area (Å²) in [7, 11) is 0. The summed E-state index contributed by atoms with van der Waals surface area (Å²) in [5.74, 6) is -1.00. The molecule has 1 aromatic rings. The molecule has 5 heteroatoms. The maximum atomic E-state index is 10.9. The van der Waals surface area contributed by atoms with E-state index < -0.39 is 12.0 Å². The van der Waals surface area contributed by atoms with E-state index in [9.17, 15) is 14.7 Å². The molecule has 1 rings (SSSR count). The maximum Gasteiger partial charge on any atom is 0.330 e. The third kappa shape index (κ3) is 2.31. The number of aliphatic carboxylic acids is 1. The lowest BCUT2D eigenvalue weighted by Gasteiger charge is -2.14. The van der Waals surface area contributed by atoms with E-state index in [4.69, 9.17) is 5.11 Å². The Labute approximate surface area is 92.7 Å². The molecule has 0 aromatic heterocycles. The van der Waals surface area contributed by atoms with Gasteiger partial charge in [-0.25, -0.2) is 4.79 Å². The average molecular weight is 223 g/mol. The number of carboxylic acid groups (broad SMARTS) is 1. The Morgan fingerprint density at radius 1 is 1.38 bits per heavy atom. The summed E-state index contributed by atoms with van der Waals surface area (Å²) in [6, 6.07) is 1.99. The van der Waals surface area contributed by atoms with Crippen LogP contribution >= 0.6 is 0 Å². The summed E-state index contributed by atoms with van der Waals surface area (Å²) in [5, 5.41) is 20.7. The van der Waals surface area contributed by atoms with Crippen molar-refractivity contribution in [2.45, 2.75) is 19.9 Å². The number of carboxylic acids is 1. The van der Waals surface area contributed by atoms with Crippen LogP contribution in [-0.2, 0) is 9.59 Å². The number of hydrogen-bond donors (Lipinski definition) is 3. The second-order valence-electron chi connectivity index (χ2n) is 3.56. The quantitative estimate of drug-likeness (QED) is 0.661. The van der Waals surface area contributed by atoms with Gasteiger partial charge in [-0.1, -0.05) is 0 Å². The molecule has 1 unspecified atom stereocenters. The molecule has 0 bridgehead atoms. The van der Waals surface area contributed by atoms with Crippen molar-refractivity contribution in [3.8, 4) is 5.75 Å². The number of hydrogen-bond acceptors (Lipinski definition) is 3. The Hall–Kier alpha value is -2.04. The first-order valence-corrected chi connectivity index (χ1v) is 4.70. The summed E-state index contributed by atoms with van der Waals surface area (Å²) in [5.41, 5.74) is 1.59. The molecule has 0 saturated heterocycles. The minimum atomic E-state index is -1.14. The van der Waals surface area contributed by atoms with Gasteiger partial charge in [0.05, 0.1) is 0 Å². The van der Waals surface area contributed by atoms with E-state index in [0.29, 0.717) is 23.1 Å². The summed E-state index contributed by atoms with van der Waals surface area (Å²) in [6.07, 6.45) is 0.344. The van der Waals surface area contributed by atoms with Crippen molar-refractivity contribution in [3.63, 3.8) is 0 Å². The number of phenols is 1. The lowest BCUT2D eigenvalue weighted by molar-refractivity contribution is -0.140. The predicted octanol–water partition coefficient (Wildman–Crippen LogP) is 0.881. The molecule has 86 valence electrons. The second kappa shape index (κ2) is 4.65. The molecule has 1 atom stereocenters. The Bertz CT molecular complexity index is 405. The topological polar surface area (TPSA) is 86.6 Å². The molecule has 1 aromatic carbocycles. The van der Waals surface area contributed by atoms with Crippen LogP contribution in [0, 0.1) is 13.8 Å². The number of nitrogens with one attached hydrogen (secondary N) is 1. The monoisotopic (exact) mass is 223 g/mol. The van der Waals surface area contributed by atoms with Crippen LogP contribution in [0.3, 0.4) is 0 Å². The van der Waals surface area contributed by atoms with Gasteiger partial charge < -0.3 is 15.5 Å². The van der Waals surface area contributed by atoms with E-state index in [-0.39, 0.29) is 5.75 Å². The number of aromatic hydroxyl groups is 1. The van der Waals surface area contributed by atoms with E-state index in [1.807, 2.05) is 0 Å². The second-order valence-corrected chi connectivity index (χ2v) is 3.56. The summed E-state index contributed by atoms with van der Waals surface area (Å²) >= 11 is 0.